The molecule has 1 N–H and O–H groups in total. The summed E-state index contributed by atoms with van der Waals surface area (Å²) < 4.78 is 7.31. The fraction of sp³-hybridized carbons (Fsp3) is 0.320. The van der Waals surface area contributed by atoms with E-state index in [1.165, 1.54) is 5.56 Å². The number of carbonyl (C=O) groups excluding carboxylic acids is 1. The quantitative estimate of drug-likeness (QED) is 0.541. The molecule has 0 spiro atoms. The van der Waals surface area contributed by atoms with Gasteiger partial charge in [-0.25, -0.2) is 4.68 Å². The minimum atomic E-state index is -0.321. The molecule has 0 fully saturated rings. The molecule has 2 heterocycles. The lowest BCUT2D eigenvalue weighted by Crippen LogP contribution is -2.36. The molecule has 0 bridgehead atoms. The number of fused-ring (bicyclic) bond motifs is 1. The van der Waals surface area contributed by atoms with Crippen LogP contribution >= 0.6 is 11.8 Å². The molecule has 164 valence electrons. The van der Waals surface area contributed by atoms with Crippen LogP contribution in [0, 0.1) is 5.41 Å². The van der Waals surface area contributed by atoms with E-state index in [0.29, 0.717) is 17.5 Å². The highest BCUT2D eigenvalue weighted by Crippen LogP contribution is 2.46. The lowest BCUT2D eigenvalue weighted by Gasteiger charge is -2.38. The van der Waals surface area contributed by atoms with Crippen LogP contribution in [0.15, 0.2) is 71.0 Å². The van der Waals surface area contributed by atoms with Crippen LogP contribution in [0.4, 0.5) is 5.95 Å². The molecule has 0 unspecified atom stereocenters. The van der Waals surface area contributed by atoms with Gasteiger partial charge in [0.1, 0.15) is 11.8 Å². The predicted octanol–water partition coefficient (Wildman–Crippen LogP) is 5.24. The van der Waals surface area contributed by atoms with Crippen molar-refractivity contribution in [2.24, 2.45) is 5.41 Å². The molecule has 2 aliphatic rings. The van der Waals surface area contributed by atoms with E-state index in [1.807, 2.05) is 47.1 Å². The summed E-state index contributed by atoms with van der Waals surface area (Å²) in [5.41, 5.74) is 3.84. The monoisotopic (exact) mass is 446 g/mol. The molecule has 1 aliphatic carbocycles. The van der Waals surface area contributed by atoms with Gasteiger partial charge in [-0.1, -0.05) is 68.1 Å². The van der Waals surface area contributed by atoms with Crippen LogP contribution in [0.3, 0.4) is 0 Å². The second kappa shape index (κ2) is 8.13. The zero-order valence-corrected chi connectivity index (χ0v) is 19.3. The Balaban J connectivity index is 1.55. The first-order valence-corrected chi connectivity index (χ1v) is 11.7. The highest BCUT2D eigenvalue weighted by Gasteiger charge is 2.42. The van der Waals surface area contributed by atoms with Gasteiger partial charge in [-0.05, 0) is 35.1 Å². The number of rotatable bonds is 5. The standard InChI is InChI=1S/C25H26N4O2S/c1-25(2)13-19-21(20(30)14-25)22(17-10-7-11-18(12-17)31-3)29-23(26-19)27-24(28-29)32-15-16-8-5-4-6-9-16/h4-12,22H,13-15H2,1-3H3,(H,26,27,28)/t22-/m0/s1. The van der Waals surface area contributed by atoms with E-state index < -0.39 is 0 Å². The molecule has 0 amide bonds. The fourth-order valence-electron chi connectivity index (χ4n) is 4.49. The maximum absolute atomic E-state index is 13.3. The third-order valence-electron chi connectivity index (χ3n) is 5.93. The van der Waals surface area contributed by atoms with Crippen molar-refractivity contribution >= 4 is 23.5 Å². The van der Waals surface area contributed by atoms with Gasteiger partial charge in [-0.3, -0.25) is 4.79 Å². The number of allylic oxidation sites excluding steroid dienone is 2. The minimum Gasteiger partial charge on any atom is -0.497 e. The Bertz CT molecular complexity index is 1200. The van der Waals surface area contributed by atoms with Gasteiger partial charge in [-0.2, -0.15) is 4.98 Å². The van der Waals surface area contributed by atoms with Crippen molar-refractivity contribution in [1.29, 1.82) is 0 Å². The number of benzene rings is 2. The fourth-order valence-corrected chi connectivity index (χ4v) is 5.28. The van der Waals surface area contributed by atoms with E-state index in [2.05, 4.69) is 31.3 Å². The van der Waals surface area contributed by atoms with E-state index >= 15 is 0 Å². The van der Waals surface area contributed by atoms with Gasteiger partial charge in [0.2, 0.25) is 11.1 Å². The van der Waals surface area contributed by atoms with Crippen LogP contribution in [-0.4, -0.2) is 27.7 Å². The number of ether oxygens (including phenoxy) is 1. The zero-order chi connectivity index (χ0) is 22.3. The Morgan fingerprint density at radius 2 is 1.97 bits per heavy atom. The van der Waals surface area contributed by atoms with Gasteiger partial charge in [0.25, 0.3) is 0 Å². The predicted molar refractivity (Wildman–Crippen MR) is 126 cm³/mol. The van der Waals surface area contributed by atoms with Gasteiger partial charge in [0.05, 0.1) is 7.11 Å². The van der Waals surface area contributed by atoms with Crippen LogP contribution in [0.1, 0.15) is 43.9 Å². The third-order valence-corrected chi connectivity index (χ3v) is 6.84. The molecule has 32 heavy (non-hydrogen) atoms. The first-order valence-electron chi connectivity index (χ1n) is 10.7. The SMILES string of the molecule is COc1cccc([C@H]2C3=C(CC(C)(C)CC3=O)Nc3nc(SCc4ccccc4)nn32)c1. The number of nitrogens with zero attached hydrogens (tertiary/aromatic N) is 3. The average Bonchev–Trinajstić information content (AvgIpc) is 3.18. The number of thioether (sulfide) groups is 1. The summed E-state index contributed by atoms with van der Waals surface area (Å²) in [6, 6.07) is 17.8. The van der Waals surface area contributed by atoms with Crippen molar-refractivity contribution in [2.75, 3.05) is 12.4 Å². The number of methoxy groups -OCH3 is 1. The number of Topliss-reactive ketones (excluding diaryl/α,β-unsaturated/α-hetero) is 1. The Morgan fingerprint density at radius 3 is 2.75 bits per heavy atom. The lowest BCUT2D eigenvalue weighted by atomic mass is 9.73. The summed E-state index contributed by atoms with van der Waals surface area (Å²) >= 11 is 1.59. The number of carbonyl (C=O) groups is 1. The topological polar surface area (TPSA) is 69.0 Å². The van der Waals surface area contributed by atoms with E-state index in [0.717, 1.165) is 34.8 Å². The molecule has 6 nitrogen and oxygen atoms in total. The first-order chi connectivity index (χ1) is 15.4. The van der Waals surface area contributed by atoms with E-state index in [9.17, 15) is 4.79 Å². The van der Waals surface area contributed by atoms with Crippen molar-refractivity contribution in [3.05, 3.63) is 77.0 Å². The number of aromatic nitrogens is 3. The maximum atomic E-state index is 13.3. The Labute approximate surface area is 192 Å². The second-order valence-electron chi connectivity index (χ2n) is 9.07. The first kappa shape index (κ1) is 20.8. The highest BCUT2D eigenvalue weighted by atomic mass is 32.2. The zero-order valence-electron chi connectivity index (χ0n) is 18.5. The van der Waals surface area contributed by atoms with Crippen LogP contribution in [0.5, 0.6) is 5.75 Å². The van der Waals surface area contributed by atoms with Crippen molar-refractivity contribution in [1.82, 2.24) is 14.8 Å². The molecule has 0 saturated heterocycles. The van der Waals surface area contributed by atoms with Crippen molar-refractivity contribution in [3.63, 3.8) is 0 Å². The second-order valence-corrected chi connectivity index (χ2v) is 10.0. The molecule has 5 rings (SSSR count). The summed E-state index contributed by atoms with van der Waals surface area (Å²) in [5, 5.41) is 8.95. The van der Waals surface area contributed by atoms with E-state index in [4.69, 9.17) is 14.8 Å². The molecular formula is C25H26N4O2S. The summed E-state index contributed by atoms with van der Waals surface area (Å²) in [5.74, 6) is 2.38. The number of hydrogen-bond acceptors (Lipinski definition) is 6. The Kier molecular flexibility index (Phi) is 5.29. The van der Waals surface area contributed by atoms with Crippen LogP contribution in [0.2, 0.25) is 0 Å². The minimum absolute atomic E-state index is 0.0884. The van der Waals surface area contributed by atoms with Crippen LogP contribution in [0.25, 0.3) is 0 Å². The molecule has 7 heteroatoms. The summed E-state index contributed by atoms with van der Waals surface area (Å²) in [4.78, 5) is 18.1. The van der Waals surface area contributed by atoms with Crippen molar-refractivity contribution in [2.45, 2.75) is 43.6 Å². The van der Waals surface area contributed by atoms with Crippen molar-refractivity contribution in [3.8, 4) is 5.75 Å². The van der Waals surface area contributed by atoms with E-state index in [1.54, 1.807) is 18.9 Å². The smallest absolute Gasteiger partial charge is 0.227 e. The molecule has 0 saturated carbocycles. The molecule has 3 aromatic rings. The molecule has 1 aliphatic heterocycles. The number of nitrogens with one attached hydrogen (secondary N) is 1. The Hall–Kier alpha value is -3.06. The summed E-state index contributed by atoms with van der Waals surface area (Å²) in [6.07, 6.45) is 1.32. The summed E-state index contributed by atoms with van der Waals surface area (Å²) in [6.45, 7) is 4.27. The normalized spacial score (nSPS) is 19.2. The molecule has 2 aromatic carbocycles. The molecule has 0 radical (unpaired) electrons. The van der Waals surface area contributed by atoms with Crippen LogP contribution < -0.4 is 10.1 Å². The average molecular weight is 447 g/mol. The van der Waals surface area contributed by atoms with Gasteiger partial charge in [0, 0.05) is 23.4 Å². The van der Waals surface area contributed by atoms with Gasteiger partial charge in [0.15, 0.2) is 5.78 Å². The summed E-state index contributed by atoms with van der Waals surface area (Å²) in [7, 11) is 1.65. The van der Waals surface area contributed by atoms with Gasteiger partial charge in [-0.15, -0.1) is 5.10 Å². The largest absolute Gasteiger partial charge is 0.497 e. The van der Waals surface area contributed by atoms with Crippen LogP contribution in [-0.2, 0) is 10.5 Å². The highest BCUT2D eigenvalue weighted by molar-refractivity contribution is 7.98. The molecular weight excluding hydrogens is 420 g/mol. The van der Waals surface area contributed by atoms with E-state index in [-0.39, 0.29) is 17.2 Å². The molecule has 1 atom stereocenters. The number of ketones is 1. The van der Waals surface area contributed by atoms with Gasteiger partial charge < -0.3 is 10.1 Å². The van der Waals surface area contributed by atoms with Gasteiger partial charge >= 0.3 is 0 Å². The maximum Gasteiger partial charge on any atom is 0.227 e. The lowest BCUT2D eigenvalue weighted by molar-refractivity contribution is -0.118. The Morgan fingerprint density at radius 1 is 1.16 bits per heavy atom. The number of hydrogen-bond donors (Lipinski definition) is 1. The molecule has 1 aromatic heterocycles. The third kappa shape index (κ3) is 3.93. The van der Waals surface area contributed by atoms with Crippen molar-refractivity contribution < 1.29 is 9.53 Å². The number of anilines is 1.